The summed E-state index contributed by atoms with van der Waals surface area (Å²) in [5.74, 6) is -0.670. The molecule has 1 aliphatic rings. The predicted molar refractivity (Wildman–Crippen MR) is 82.4 cm³/mol. The Morgan fingerprint density at radius 3 is 2.71 bits per heavy atom. The van der Waals surface area contributed by atoms with Gasteiger partial charge in [0.1, 0.15) is 4.88 Å². The van der Waals surface area contributed by atoms with E-state index in [0.29, 0.717) is 10.9 Å². The predicted octanol–water partition coefficient (Wildman–Crippen LogP) is 1.66. The highest BCUT2D eigenvalue weighted by atomic mass is 32.1. The van der Waals surface area contributed by atoms with E-state index >= 15 is 0 Å². The molecule has 0 amide bonds. The van der Waals surface area contributed by atoms with Crippen molar-refractivity contribution < 1.29 is 14.3 Å². The number of thiazole rings is 1. The minimum absolute atomic E-state index is 0.149. The van der Waals surface area contributed by atoms with E-state index in [1.165, 1.54) is 18.3 Å². The van der Waals surface area contributed by atoms with E-state index < -0.39 is 5.97 Å². The van der Waals surface area contributed by atoms with Gasteiger partial charge in [-0.3, -0.25) is 4.79 Å². The van der Waals surface area contributed by atoms with Crippen molar-refractivity contribution in [2.75, 3.05) is 38.2 Å². The van der Waals surface area contributed by atoms with E-state index in [9.17, 15) is 9.59 Å². The first-order chi connectivity index (χ1) is 9.93. The molecule has 1 saturated heterocycles. The SMILES string of the molecule is CCOC(=O)c1nc(N2CCN(C)C(C)C2)sc1C(C)=O. The molecule has 2 heterocycles. The first-order valence-corrected chi connectivity index (χ1v) is 7.89. The summed E-state index contributed by atoms with van der Waals surface area (Å²) in [6.07, 6.45) is 0. The Bertz CT molecular complexity index is 544. The summed E-state index contributed by atoms with van der Waals surface area (Å²) in [4.78, 5) is 32.8. The Hall–Kier alpha value is -1.47. The smallest absolute Gasteiger partial charge is 0.358 e. The van der Waals surface area contributed by atoms with Gasteiger partial charge in [-0.05, 0) is 20.9 Å². The largest absolute Gasteiger partial charge is 0.461 e. The third kappa shape index (κ3) is 3.41. The number of likely N-dealkylation sites (N-methyl/N-ethyl adjacent to an activating group) is 1. The van der Waals surface area contributed by atoms with Gasteiger partial charge in [-0.1, -0.05) is 11.3 Å². The molecule has 1 aliphatic heterocycles. The van der Waals surface area contributed by atoms with Crippen molar-refractivity contribution in [2.45, 2.75) is 26.8 Å². The molecule has 1 atom stereocenters. The summed E-state index contributed by atoms with van der Waals surface area (Å²) in [7, 11) is 2.09. The highest BCUT2D eigenvalue weighted by Gasteiger charge is 2.27. The van der Waals surface area contributed by atoms with Crippen LogP contribution in [-0.4, -0.2) is 61.0 Å². The average molecular weight is 311 g/mol. The number of hydrogen-bond acceptors (Lipinski definition) is 7. The van der Waals surface area contributed by atoms with Crippen LogP contribution >= 0.6 is 11.3 Å². The highest BCUT2D eigenvalue weighted by molar-refractivity contribution is 7.17. The Labute approximate surface area is 128 Å². The first kappa shape index (κ1) is 15.9. The second-order valence-corrected chi connectivity index (χ2v) is 6.20. The molecule has 2 rings (SSSR count). The fraction of sp³-hybridized carbons (Fsp3) is 0.643. The number of hydrogen-bond donors (Lipinski definition) is 0. The van der Waals surface area contributed by atoms with E-state index in [1.54, 1.807) is 6.92 Å². The molecule has 116 valence electrons. The summed E-state index contributed by atoms with van der Waals surface area (Å²) in [6.45, 7) is 8.22. The van der Waals surface area contributed by atoms with Crippen LogP contribution in [0.25, 0.3) is 0 Å². The number of ether oxygens (including phenoxy) is 1. The van der Waals surface area contributed by atoms with Crippen LogP contribution in [0.2, 0.25) is 0 Å². The quantitative estimate of drug-likeness (QED) is 0.622. The molecule has 21 heavy (non-hydrogen) atoms. The Kier molecular flexibility index (Phi) is 4.95. The number of Topliss-reactive ketones (excluding diaryl/α,β-unsaturated/α-hetero) is 1. The maximum absolute atomic E-state index is 11.9. The molecule has 1 unspecified atom stereocenters. The van der Waals surface area contributed by atoms with E-state index in [4.69, 9.17) is 4.74 Å². The van der Waals surface area contributed by atoms with Gasteiger partial charge in [0.05, 0.1) is 6.61 Å². The van der Waals surface area contributed by atoms with Gasteiger partial charge >= 0.3 is 5.97 Å². The minimum atomic E-state index is -0.521. The molecule has 0 spiro atoms. The lowest BCUT2D eigenvalue weighted by Gasteiger charge is -2.37. The minimum Gasteiger partial charge on any atom is -0.461 e. The number of piperazine rings is 1. The van der Waals surface area contributed by atoms with Crippen LogP contribution in [0.4, 0.5) is 5.13 Å². The van der Waals surface area contributed by atoms with Gasteiger partial charge in [-0.15, -0.1) is 0 Å². The van der Waals surface area contributed by atoms with Crippen molar-refractivity contribution in [2.24, 2.45) is 0 Å². The van der Waals surface area contributed by atoms with Crippen molar-refractivity contribution in [1.82, 2.24) is 9.88 Å². The molecule has 0 saturated carbocycles. The summed E-state index contributed by atoms with van der Waals surface area (Å²) in [5.41, 5.74) is 0.149. The summed E-state index contributed by atoms with van der Waals surface area (Å²) in [6, 6.07) is 0.412. The molecule has 6 nitrogen and oxygen atoms in total. The topological polar surface area (TPSA) is 62.7 Å². The summed E-state index contributed by atoms with van der Waals surface area (Å²) >= 11 is 1.28. The van der Waals surface area contributed by atoms with Crippen LogP contribution in [0.1, 0.15) is 40.9 Å². The zero-order valence-corrected chi connectivity index (χ0v) is 13.7. The van der Waals surface area contributed by atoms with Gasteiger partial charge in [0.25, 0.3) is 0 Å². The zero-order chi connectivity index (χ0) is 15.6. The Morgan fingerprint density at radius 2 is 2.14 bits per heavy atom. The zero-order valence-electron chi connectivity index (χ0n) is 12.9. The second-order valence-electron chi connectivity index (χ2n) is 5.23. The lowest BCUT2D eigenvalue weighted by atomic mass is 10.2. The van der Waals surface area contributed by atoms with Crippen LogP contribution in [0.3, 0.4) is 0 Å². The third-order valence-corrected chi connectivity index (χ3v) is 4.85. The number of aromatic nitrogens is 1. The van der Waals surface area contributed by atoms with Gasteiger partial charge in [-0.25, -0.2) is 9.78 Å². The van der Waals surface area contributed by atoms with Crippen molar-refractivity contribution in [3.63, 3.8) is 0 Å². The van der Waals surface area contributed by atoms with Gasteiger partial charge in [-0.2, -0.15) is 0 Å². The second kappa shape index (κ2) is 6.53. The maximum Gasteiger partial charge on any atom is 0.358 e. The molecule has 0 bridgehead atoms. The number of esters is 1. The van der Waals surface area contributed by atoms with Crippen LogP contribution in [-0.2, 0) is 4.74 Å². The molecular weight excluding hydrogens is 290 g/mol. The maximum atomic E-state index is 11.9. The van der Waals surface area contributed by atoms with Crippen LogP contribution in [0.15, 0.2) is 0 Å². The van der Waals surface area contributed by atoms with Crippen molar-refractivity contribution in [3.8, 4) is 0 Å². The fourth-order valence-electron chi connectivity index (χ4n) is 2.24. The number of carbonyl (C=O) groups is 2. The number of nitrogens with zero attached hydrogens (tertiary/aromatic N) is 3. The van der Waals surface area contributed by atoms with Crippen LogP contribution < -0.4 is 4.90 Å². The van der Waals surface area contributed by atoms with Crippen LogP contribution in [0.5, 0.6) is 0 Å². The van der Waals surface area contributed by atoms with Gasteiger partial charge < -0.3 is 14.5 Å². The lowest BCUT2D eigenvalue weighted by Crippen LogP contribution is -2.50. The Morgan fingerprint density at radius 1 is 1.43 bits per heavy atom. The van der Waals surface area contributed by atoms with Crippen molar-refractivity contribution >= 4 is 28.2 Å². The number of carbonyl (C=O) groups excluding carboxylic acids is 2. The molecule has 1 aromatic rings. The number of ketones is 1. The summed E-state index contributed by atoms with van der Waals surface area (Å²) in [5, 5.41) is 0.725. The molecule has 0 aromatic carbocycles. The number of anilines is 1. The van der Waals surface area contributed by atoms with E-state index in [2.05, 4.69) is 28.8 Å². The van der Waals surface area contributed by atoms with E-state index in [-0.39, 0.29) is 18.1 Å². The standard InChI is InChI=1S/C14H21N3O3S/c1-5-20-13(19)11-12(10(3)18)21-14(15-11)17-7-6-16(4)9(2)8-17/h9H,5-8H2,1-4H3. The van der Waals surface area contributed by atoms with Crippen LogP contribution in [0, 0.1) is 0 Å². The Balaban J connectivity index is 2.27. The molecule has 0 aliphatic carbocycles. The molecule has 1 fully saturated rings. The van der Waals surface area contributed by atoms with E-state index in [1.807, 2.05) is 0 Å². The van der Waals surface area contributed by atoms with Gasteiger partial charge in [0.15, 0.2) is 16.6 Å². The molecule has 0 radical (unpaired) electrons. The average Bonchev–Trinajstić information content (AvgIpc) is 2.87. The van der Waals surface area contributed by atoms with Crippen molar-refractivity contribution in [3.05, 3.63) is 10.6 Å². The van der Waals surface area contributed by atoms with Gasteiger partial charge in [0, 0.05) is 32.6 Å². The van der Waals surface area contributed by atoms with Gasteiger partial charge in [0.2, 0.25) is 0 Å². The monoisotopic (exact) mass is 311 g/mol. The summed E-state index contributed by atoms with van der Waals surface area (Å²) < 4.78 is 4.98. The van der Waals surface area contributed by atoms with Crippen molar-refractivity contribution in [1.29, 1.82) is 0 Å². The molecule has 1 aromatic heterocycles. The molecule has 0 N–H and O–H groups in total. The lowest BCUT2D eigenvalue weighted by molar-refractivity contribution is 0.0517. The number of rotatable bonds is 4. The normalized spacial score (nSPS) is 19.6. The molecular formula is C14H21N3O3S. The highest BCUT2D eigenvalue weighted by Crippen LogP contribution is 2.29. The molecule has 7 heteroatoms. The fourth-order valence-corrected chi connectivity index (χ4v) is 3.23. The van der Waals surface area contributed by atoms with E-state index in [0.717, 1.165) is 24.8 Å². The first-order valence-electron chi connectivity index (χ1n) is 7.08. The third-order valence-electron chi connectivity index (χ3n) is 3.63.